The lowest BCUT2D eigenvalue weighted by Crippen LogP contribution is -2.15. The Bertz CT molecular complexity index is 1070. The van der Waals surface area contributed by atoms with E-state index >= 15 is 8.78 Å². The Kier molecular flexibility index (Phi) is 6.96. The molecule has 0 radical (unpaired) electrons. The van der Waals surface area contributed by atoms with Crippen LogP contribution in [0.15, 0.2) is 24.0 Å². The van der Waals surface area contributed by atoms with Crippen LogP contribution in [0.4, 0.5) is 22.0 Å². The van der Waals surface area contributed by atoms with Crippen LogP contribution in [0.1, 0.15) is 69.1 Å². The first-order valence-electron chi connectivity index (χ1n) is 11.5. The quantitative estimate of drug-likeness (QED) is 0.340. The number of rotatable bonds is 6. The molecule has 33 heavy (non-hydrogen) atoms. The fourth-order valence-electron chi connectivity index (χ4n) is 4.88. The van der Waals surface area contributed by atoms with Gasteiger partial charge in [0.05, 0.1) is 12.2 Å². The summed E-state index contributed by atoms with van der Waals surface area (Å²) in [5.41, 5.74) is 0.0331. The predicted molar refractivity (Wildman–Crippen MR) is 116 cm³/mol. The number of benzene rings is 2. The van der Waals surface area contributed by atoms with E-state index in [0.29, 0.717) is 24.3 Å². The second kappa shape index (κ2) is 9.74. The van der Waals surface area contributed by atoms with Crippen molar-refractivity contribution in [3.05, 3.63) is 58.2 Å². The summed E-state index contributed by atoms with van der Waals surface area (Å²) in [5.74, 6) is -7.12. The molecule has 0 aromatic heterocycles. The van der Waals surface area contributed by atoms with Gasteiger partial charge in [0.15, 0.2) is 28.9 Å². The van der Waals surface area contributed by atoms with Gasteiger partial charge >= 0.3 is 0 Å². The summed E-state index contributed by atoms with van der Waals surface area (Å²) in [6.07, 6.45) is 4.85. The van der Waals surface area contributed by atoms with Crippen LogP contribution < -0.4 is 9.47 Å². The minimum absolute atomic E-state index is 0.0361. The third-order valence-corrected chi connectivity index (χ3v) is 6.62. The lowest BCUT2D eigenvalue weighted by atomic mass is 9.79. The van der Waals surface area contributed by atoms with Crippen LogP contribution in [0, 0.1) is 29.3 Å². The first-order chi connectivity index (χ1) is 15.8. The number of hydrogen-bond acceptors (Lipinski definition) is 2. The Balaban J connectivity index is 1.63. The minimum atomic E-state index is -1.31. The molecule has 0 amide bonds. The van der Waals surface area contributed by atoms with E-state index in [9.17, 15) is 13.2 Å². The van der Waals surface area contributed by atoms with E-state index in [1.165, 1.54) is 18.2 Å². The lowest BCUT2D eigenvalue weighted by Gasteiger charge is -2.27. The molecule has 4 rings (SSSR count). The van der Waals surface area contributed by atoms with Crippen LogP contribution in [-0.4, -0.2) is 6.61 Å². The molecule has 2 aliphatic rings. The maximum absolute atomic E-state index is 15.2. The van der Waals surface area contributed by atoms with Crippen molar-refractivity contribution in [1.29, 1.82) is 0 Å². The lowest BCUT2D eigenvalue weighted by molar-refractivity contribution is 0.261. The smallest absolute Gasteiger partial charge is 0.205 e. The molecule has 1 heterocycles. The van der Waals surface area contributed by atoms with Gasteiger partial charge in [0.25, 0.3) is 0 Å². The van der Waals surface area contributed by atoms with Gasteiger partial charge in [-0.05, 0) is 50.7 Å². The molecule has 0 atom stereocenters. The fourth-order valence-corrected chi connectivity index (χ4v) is 4.88. The van der Waals surface area contributed by atoms with E-state index in [2.05, 4.69) is 6.92 Å². The Morgan fingerprint density at radius 1 is 0.939 bits per heavy atom. The van der Waals surface area contributed by atoms with E-state index in [4.69, 9.17) is 9.47 Å². The topological polar surface area (TPSA) is 18.5 Å². The first-order valence-corrected chi connectivity index (χ1v) is 11.5. The molecule has 2 nitrogen and oxygen atoms in total. The third kappa shape index (κ3) is 4.46. The Hall–Kier alpha value is -2.57. The van der Waals surface area contributed by atoms with Crippen molar-refractivity contribution >= 4 is 5.83 Å². The van der Waals surface area contributed by atoms with E-state index in [-0.39, 0.29) is 24.3 Å². The molecule has 0 unspecified atom stereocenters. The molecular weight excluding hydrogens is 439 g/mol. The standard InChI is InChI=1S/C26H27F5O2/c1-3-5-14-6-8-15(9-7-14)20(27)21(28)18-11-10-16-12-17-13-19(32-4-2)23(30)24(31)26(17)33-25(16)22(18)29/h10-11,13-15H,3-9,12H2,1-2H3/b21-20+. The number of fused-ring (bicyclic) bond motifs is 2. The van der Waals surface area contributed by atoms with Crippen molar-refractivity contribution in [3.8, 4) is 17.2 Å². The second-order valence-corrected chi connectivity index (χ2v) is 8.79. The molecule has 0 spiro atoms. The molecule has 0 saturated heterocycles. The first kappa shape index (κ1) is 23.6. The van der Waals surface area contributed by atoms with Crippen LogP contribution in [0.5, 0.6) is 17.2 Å². The van der Waals surface area contributed by atoms with Crippen LogP contribution in [0.25, 0.3) is 5.83 Å². The molecule has 2 aromatic rings. The number of allylic oxidation sites excluding steroid dienone is 1. The van der Waals surface area contributed by atoms with Gasteiger partial charge in [0, 0.05) is 23.5 Å². The molecule has 1 fully saturated rings. The van der Waals surface area contributed by atoms with Crippen molar-refractivity contribution in [2.24, 2.45) is 11.8 Å². The molecular formula is C26H27F5O2. The highest BCUT2D eigenvalue weighted by atomic mass is 19.2. The number of hydrogen-bond donors (Lipinski definition) is 0. The summed E-state index contributed by atoms with van der Waals surface area (Å²) in [6, 6.07) is 3.90. The average Bonchev–Trinajstić information content (AvgIpc) is 2.82. The van der Waals surface area contributed by atoms with Crippen molar-refractivity contribution in [1.82, 2.24) is 0 Å². The molecule has 1 aliphatic carbocycles. The van der Waals surface area contributed by atoms with E-state index in [1.807, 2.05) is 0 Å². The highest BCUT2D eigenvalue weighted by Crippen LogP contribution is 2.45. The van der Waals surface area contributed by atoms with Gasteiger partial charge in [0.1, 0.15) is 5.83 Å². The van der Waals surface area contributed by atoms with E-state index < -0.39 is 52.1 Å². The molecule has 178 valence electrons. The maximum atomic E-state index is 15.2. The largest absolute Gasteiger partial charge is 0.491 e. The van der Waals surface area contributed by atoms with Crippen molar-refractivity contribution in [2.45, 2.75) is 58.8 Å². The SMILES string of the molecule is CCCC1CCC(/C(F)=C(\F)c2ccc3c(c2F)Oc2c(cc(OCC)c(F)c2F)C3)CC1. The molecule has 0 N–H and O–H groups in total. The minimum Gasteiger partial charge on any atom is -0.491 e. The van der Waals surface area contributed by atoms with Gasteiger partial charge in [-0.25, -0.2) is 13.2 Å². The molecule has 7 heteroatoms. The summed E-state index contributed by atoms with van der Waals surface area (Å²) >= 11 is 0. The van der Waals surface area contributed by atoms with Gasteiger partial charge in [-0.15, -0.1) is 0 Å². The normalized spacial score (nSPS) is 20.5. The van der Waals surface area contributed by atoms with E-state index in [1.54, 1.807) is 6.92 Å². The van der Waals surface area contributed by atoms with Crippen LogP contribution in [0.2, 0.25) is 0 Å². The summed E-state index contributed by atoms with van der Waals surface area (Å²) < 4.78 is 84.5. The van der Waals surface area contributed by atoms with Crippen LogP contribution in [-0.2, 0) is 6.42 Å². The summed E-state index contributed by atoms with van der Waals surface area (Å²) in [6.45, 7) is 3.88. The van der Waals surface area contributed by atoms with Gasteiger partial charge in [0.2, 0.25) is 11.6 Å². The van der Waals surface area contributed by atoms with E-state index in [0.717, 1.165) is 25.7 Å². The highest BCUT2D eigenvalue weighted by Gasteiger charge is 2.32. The summed E-state index contributed by atoms with van der Waals surface area (Å²) in [5, 5.41) is 0. The number of halogens is 5. The van der Waals surface area contributed by atoms with Crippen molar-refractivity contribution in [3.63, 3.8) is 0 Å². The highest BCUT2D eigenvalue weighted by molar-refractivity contribution is 5.66. The molecule has 0 bridgehead atoms. The Morgan fingerprint density at radius 2 is 1.64 bits per heavy atom. The third-order valence-electron chi connectivity index (χ3n) is 6.62. The van der Waals surface area contributed by atoms with Gasteiger partial charge < -0.3 is 9.47 Å². The number of ether oxygens (including phenoxy) is 2. The molecule has 1 saturated carbocycles. The van der Waals surface area contributed by atoms with Crippen LogP contribution >= 0.6 is 0 Å². The van der Waals surface area contributed by atoms with Gasteiger partial charge in [-0.3, -0.25) is 0 Å². The fraction of sp³-hybridized carbons (Fsp3) is 0.462. The zero-order valence-corrected chi connectivity index (χ0v) is 18.7. The van der Waals surface area contributed by atoms with Crippen LogP contribution in [0.3, 0.4) is 0 Å². The summed E-state index contributed by atoms with van der Waals surface area (Å²) in [4.78, 5) is 0. The van der Waals surface area contributed by atoms with Gasteiger partial charge in [-0.1, -0.05) is 25.8 Å². The second-order valence-electron chi connectivity index (χ2n) is 8.79. The van der Waals surface area contributed by atoms with Gasteiger partial charge in [-0.2, -0.15) is 8.78 Å². The molecule has 1 aliphatic heterocycles. The maximum Gasteiger partial charge on any atom is 0.205 e. The Morgan fingerprint density at radius 3 is 2.30 bits per heavy atom. The zero-order valence-electron chi connectivity index (χ0n) is 18.7. The zero-order chi connectivity index (χ0) is 23.7. The molecule has 2 aromatic carbocycles. The predicted octanol–water partition coefficient (Wildman–Crippen LogP) is 8.41. The Labute approximate surface area is 190 Å². The van der Waals surface area contributed by atoms with Crippen molar-refractivity contribution < 1.29 is 31.4 Å². The average molecular weight is 466 g/mol. The monoisotopic (exact) mass is 466 g/mol. The van der Waals surface area contributed by atoms with Crippen molar-refractivity contribution in [2.75, 3.05) is 6.61 Å². The summed E-state index contributed by atoms with van der Waals surface area (Å²) in [7, 11) is 0.